The smallest absolute Gasteiger partial charge is 0.248 e. The zero-order chi connectivity index (χ0) is 21.7. The molecule has 1 saturated heterocycles. The molecule has 1 N–H and O–H groups in total. The number of hydrogen-bond acceptors (Lipinski definition) is 5. The second-order valence-electron chi connectivity index (χ2n) is 7.05. The molecule has 1 heterocycles. The Morgan fingerprint density at radius 1 is 1.10 bits per heavy atom. The molecule has 2 aromatic carbocycles. The summed E-state index contributed by atoms with van der Waals surface area (Å²) >= 11 is 1.57. The van der Waals surface area contributed by atoms with Crippen LogP contribution in [0.5, 0.6) is 11.5 Å². The van der Waals surface area contributed by atoms with Crippen LogP contribution in [0.3, 0.4) is 0 Å². The van der Waals surface area contributed by atoms with Gasteiger partial charge in [0, 0.05) is 29.1 Å². The van der Waals surface area contributed by atoms with E-state index in [0.29, 0.717) is 23.1 Å². The fraction of sp³-hybridized carbons (Fsp3) is 0.304. The first-order chi connectivity index (χ1) is 14.4. The van der Waals surface area contributed by atoms with E-state index >= 15 is 0 Å². The molecule has 0 spiro atoms. The molecule has 1 aliphatic heterocycles. The second-order valence-corrected chi connectivity index (χ2v) is 8.05. The van der Waals surface area contributed by atoms with Gasteiger partial charge in [0.2, 0.25) is 11.8 Å². The monoisotopic (exact) mass is 426 g/mol. The van der Waals surface area contributed by atoms with Gasteiger partial charge in [0.15, 0.2) is 0 Å². The summed E-state index contributed by atoms with van der Waals surface area (Å²) in [6.45, 7) is 4.03. The molecule has 7 heteroatoms. The van der Waals surface area contributed by atoms with Crippen LogP contribution in [0.4, 0.5) is 5.69 Å². The molecule has 3 rings (SSSR count). The number of aryl methyl sites for hydroxylation is 2. The largest absolute Gasteiger partial charge is 0.497 e. The predicted octanol–water partition coefficient (Wildman–Crippen LogP) is 3.87. The van der Waals surface area contributed by atoms with E-state index < -0.39 is 6.04 Å². The van der Waals surface area contributed by atoms with Crippen molar-refractivity contribution >= 4 is 35.3 Å². The Morgan fingerprint density at radius 2 is 1.90 bits per heavy atom. The summed E-state index contributed by atoms with van der Waals surface area (Å²) in [5.41, 5.74) is 3.78. The molecule has 0 aromatic heterocycles. The van der Waals surface area contributed by atoms with Crippen molar-refractivity contribution in [2.75, 3.05) is 31.2 Å². The summed E-state index contributed by atoms with van der Waals surface area (Å²) in [4.78, 5) is 27.2. The Labute approximate surface area is 181 Å². The van der Waals surface area contributed by atoms with Crippen LogP contribution in [-0.4, -0.2) is 48.6 Å². The van der Waals surface area contributed by atoms with Crippen LogP contribution in [0.2, 0.25) is 0 Å². The van der Waals surface area contributed by atoms with E-state index in [4.69, 9.17) is 9.47 Å². The summed E-state index contributed by atoms with van der Waals surface area (Å²) in [6, 6.07) is 10.7. The Hall–Kier alpha value is -2.93. The second kappa shape index (κ2) is 9.71. The molecule has 0 saturated carbocycles. The zero-order valence-corrected chi connectivity index (χ0v) is 18.4. The zero-order valence-electron chi connectivity index (χ0n) is 17.6. The number of nitrogens with one attached hydrogen (secondary N) is 1. The lowest BCUT2D eigenvalue weighted by Gasteiger charge is -2.22. The van der Waals surface area contributed by atoms with E-state index in [1.165, 1.54) is 11.6 Å². The number of hydrogen-bond donors (Lipinski definition) is 1. The average Bonchev–Trinajstić information content (AvgIpc) is 3.24. The fourth-order valence-electron chi connectivity index (χ4n) is 3.13. The van der Waals surface area contributed by atoms with E-state index in [9.17, 15) is 9.59 Å². The number of carbonyl (C=O) groups excluding carboxylic acids is 2. The van der Waals surface area contributed by atoms with Crippen LogP contribution in [-0.2, 0) is 9.59 Å². The molecule has 1 aliphatic rings. The van der Waals surface area contributed by atoms with Crippen LogP contribution < -0.4 is 14.8 Å². The van der Waals surface area contributed by atoms with Crippen molar-refractivity contribution in [3.05, 3.63) is 59.2 Å². The number of thioether (sulfide) groups is 1. The van der Waals surface area contributed by atoms with Crippen LogP contribution in [0, 0.1) is 13.8 Å². The van der Waals surface area contributed by atoms with Gasteiger partial charge in [-0.25, -0.2) is 0 Å². The Kier molecular flexibility index (Phi) is 7.05. The SMILES string of the molecule is COc1ccc(/C=C/C(=O)N2CSCC2C(=O)Nc2ccc(C)c(C)c2)c(OC)c1. The van der Waals surface area contributed by atoms with E-state index in [-0.39, 0.29) is 11.8 Å². The molecule has 1 unspecified atom stereocenters. The van der Waals surface area contributed by atoms with Crippen molar-refractivity contribution in [3.8, 4) is 11.5 Å². The number of amides is 2. The van der Waals surface area contributed by atoms with Gasteiger partial charge in [0.05, 0.1) is 20.1 Å². The van der Waals surface area contributed by atoms with Crippen molar-refractivity contribution in [2.24, 2.45) is 0 Å². The highest BCUT2D eigenvalue weighted by atomic mass is 32.2. The lowest BCUT2D eigenvalue weighted by atomic mass is 10.1. The van der Waals surface area contributed by atoms with Gasteiger partial charge in [-0.2, -0.15) is 0 Å². The number of rotatable bonds is 6. The fourth-order valence-corrected chi connectivity index (χ4v) is 4.30. The van der Waals surface area contributed by atoms with Gasteiger partial charge in [0.25, 0.3) is 0 Å². The third-order valence-electron chi connectivity index (χ3n) is 5.09. The number of ether oxygens (including phenoxy) is 2. The van der Waals surface area contributed by atoms with Crippen molar-refractivity contribution < 1.29 is 19.1 Å². The van der Waals surface area contributed by atoms with E-state index in [2.05, 4.69) is 5.32 Å². The number of nitrogens with zero attached hydrogens (tertiary/aromatic N) is 1. The van der Waals surface area contributed by atoms with Gasteiger partial charge in [-0.3, -0.25) is 9.59 Å². The minimum Gasteiger partial charge on any atom is -0.497 e. The predicted molar refractivity (Wildman–Crippen MR) is 121 cm³/mol. The normalized spacial score (nSPS) is 16.0. The van der Waals surface area contributed by atoms with E-state index in [0.717, 1.165) is 16.8 Å². The highest BCUT2D eigenvalue weighted by molar-refractivity contribution is 7.99. The van der Waals surface area contributed by atoms with Crippen molar-refractivity contribution in [2.45, 2.75) is 19.9 Å². The van der Waals surface area contributed by atoms with E-state index in [1.807, 2.05) is 38.1 Å². The van der Waals surface area contributed by atoms with Crippen LogP contribution in [0.15, 0.2) is 42.5 Å². The molecular formula is C23H26N2O4S. The first-order valence-electron chi connectivity index (χ1n) is 9.59. The lowest BCUT2D eigenvalue weighted by Crippen LogP contribution is -2.43. The Bertz CT molecular complexity index is 974. The topological polar surface area (TPSA) is 67.9 Å². The molecule has 0 aliphatic carbocycles. The molecule has 0 bridgehead atoms. The summed E-state index contributed by atoms with van der Waals surface area (Å²) in [6.07, 6.45) is 3.18. The first kappa shape index (κ1) is 21.8. The first-order valence-corrected chi connectivity index (χ1v) is 10.7. The number of methoxy groups -OCH3 is 2. The third-order valence-corrected chi connectivity index (χ3v) is 6.10. The minimum atomic E-state index is -0.508. The standard InChI is InChI=1S/C23H26N2O4S/c1-15-5-8-18(11-16(15)2)24-23(27)20-13-30-14-25(20)22(26)10-7-17-6-9-19(28-3)12-21(17)29-4/h5-12,20H,13-14H2,1-4H3,(H,24,27)/b10-7+. The number of anilines is 1. The van der Waals surface area contributed by atoms with Gasteiger partial charge in [-0.15, -0.1) is 11.8 Å². The third kappa shape index (κ3) is 4.97. The van der Waals surface area contributed by atoms with Gasteiger partial charge >= 0.3 is 0 Å². The van der Waals surface area contributed by atoms with Crippen LogP contribution in [0.25, 0.3) is 6.08 Å². The quantitative estimate of drug-likeness (QED) is 0.710. The molecule has 2 amide bonds. The number of benzene rings is 2. The maximum atomic E-state index is 12.8. The molecule has 1 fully saturated rings. The Morgan fingerprint density at radius 3 is 2.60 bits per heavy atom. The van der Waals surface area contributed by atoms with Crippen molar-refractivity contribution in [1.82, 2.24) is 4.90 Å². The maximum Gasteiger partial charge on any atom is 0.248 e. The molecule has 6 nitrogen and oxygen atoms in total. The molecule has 158 valence electrons. The number of carbonyl (C=O) groups is 2. The minimum absolute atomic E-state index is 0.174. The molecule has 2 aromatic rings. The van der Waals surface area contributed by atoms with Gasteiger partial charge in [-0.1, -0.05) is 6.07 Å². The van der Waals surface area contributed by atoms with Gasteiger partial charge < -0.3 is 19.7 Å². The van der Waals surface area contributed by atoms with Crippen LogP contribution >= 0.6 is 11.8 Å². The summed E-state index contributed by atoms with van der Waals surface area (Å²) in [7, 11) is 3.15. The molecule has 1 atom stereocenters. The van der Waals surface area contributed by atoms with Gasteiger partial charge in [0.1, 0.15) is 17.5 Å². The molecule has 30 heavy (non-hydrogen) atoms. The van der Waals surface area contributed by atoms with Crippen LogP contribution in [0.1, 0.15) is 16.7 Å². The highest BCUT2D eigenvalue weighted by Crippen LogP contribution is 2.27. The summed E-state index contributed by atoms with van der Waals surface area (Å²) < 4.78 is 10.6. The highest BCUT2D eigenvalue weighted by Gasteiger charge is 2.33. The van der Waals surface area contributed by atoms with E-state index in [1.54, 1.807) is 49.1 Å². The Balaban J connectivity index is 1.70. The molecule has 0 radical (unpaired) electrons. The summed E-state index contributed by atoms with van der Waals surface area (Å²) in [5.74, 6) is 1.95. The summed E-state index contributed by atoms with van der Waals surface area (Å²) in [5, 5.41) is 2.94. The van der Waals surface area contributed by atoms with Crippen molar-refractivity contribution in [1.29, 1.82) is 0 Å². The average molecular weight is 427 g/mol. The molecular weight excluding hydrogens is 400 g/mol. The maximum absolute atomic E-state index is 12.8. The van der Waals surface area contributed by atoms with Crippen molar-refractivity contribution in [3.63, 3.8) is 0 Å². The lowest BCUT2D eigenvalue weighted by molar-refractivity contribution is -0.132. The van der Waals surface area contributed by atoms with Gasteiger partial charge in [-0.05, 0) is 55.3 Å².